The quantitative estimate of drug-likeness (QED) is 0.701. The van der Waals surface area contributed by atoms with Gasteiger partial charge in [0.1, 0.15) is 41.1 Å². The standard InChI is InChI=1S/C23H26ClFN4O4/c1-28-8-3-4-13(28)11-33-22-18-21(32-12-14-10-26-7-9-29(14)23(18)31)19(24)20(27-22)17-15(25)5-2-6-16(17)30/h2,5-6,13-14,26,30H,3-4,7-12H2,1H3/t13-,14+/m0/s1. The summed E-state index contributed by atoms with van der Waals surface area (Å²) in [5, 5.41) is 13.6. The number of aromatic nitrogens is 1. The molecule has 1 amide bonds. The topological polar surface area (TPSA) is 87.2 Å². The number of aromatic hydroxyl groups is 1. The minimum Gasteiger partial charge on any atom is -0.507 e. The van der Waals surface area contributed by atoms with Crippen LogP contribution in [0.2, 0.25) is 5.02 Å². The molecule has 176 valence electrons. The van der Waals surface area contributed by atoms with Gasteiger partial charge in [0, 0.05) is 25.7 Å². The maximum absolute atomic E-state index is 14.7. The zero-order valence-electron chi connectivity index (χ0n) is 18.3. The number of pyridine rings is 1. The maximum Gasteiger partial charge on any atom is 0.263 e. The van der Waals surface area contributed by atoms with E-state index in [2.05, 4.69) is 15.2 Å². The van der Waals surface area contributed by atoms with Crippen molar-refractivity contribution in [1.82, 2.24) is 20.1 Å². The Labute approximate surface area is 196 Å². The zero-order chi connectivity index (χ0) is 23.1. The highest BCUT2D eigenvalue weighted by molar-refractivity contribution is 6.35. The predicted molar refractivity (Wildman–Crippen MR) is 121 cm³/mol. The lowest BCUT2D eigenvalue weighted by molar-refractivity contribution is 0.0602. The Kier molecular flexibility index (Phi) is 6.03. The largest absolute Gasteiger partial charge is 0.507 e. The van der Waals surface area contributed by atoms with Gasteiger partial charge >= 0.3 is 0 Å². The Morgan fingerprint density at radius 3 is 2.97 bits per heavy atom. The lowest BCUT2D eigenvalue weighted by atomic mass is 10.1. The third-order valence-corrected chi connectivity index (χ3v) is 6.97. The number of halogens is 2. The molecule has 33 heavy (non-hydrogen) atoms. The van der Waals surface area contributed by atoms with Crippen molar-refractivity contribution in [1.29, 1.82) is 0 Å². The molecule has 0 spiro atoms. The van der Waals surface area contributed by atoms with Gasteiger partial charge in [-0.25, -0.2) is 9.37 Å². The molecular formula is C23H26ClFN4O4. The van der Waals surface area contributed by atoms with Crippen molar-refractivity contribution in [2.75, 3.05) is 46.4 Å². The van der Waals surface area contributed by atoms with Crippen molar-refractivity contribution in [3.8, 4) is 28.6 Å². The van der Waals surface area contributed by atoms with Crippen LogP contribution in [0.3, 0.4) is 0 Å². The summed E-state index contributed by atoms with van der Waals surface area (Å²) < 4.78 is 26.9. The lowest BCUT2D eigenvalue weighted by Gasteiger charge is -2.33. The number of benzene rings is 1. The molecule has 2 N–H and O–H groups in total. The van der Waals surface area contributed by atoms with E-state index < -0.39 is 5.82 Å². The van der Waals surface area contributed by atoms with Crippen molar-refractivity contribution in [3.05, 3.63) is 34.6 Å². The molecule has 8 nitrogen and oxygen atoms in total. The fourth-order valence-corrected chi connectivity index (χ4v) is 5.01. The number of rotatable bonds is 4. The van der Waals surface area contributed by atoms with E-state index >= 15 is 0 Å². The molecule has 10 heteroatoms. The average molecular weight is 477 g/mol. The Hall–Kier alpha value is -2.62. The van der Waals surface area contributed by atoms with Crippen molar-refractivity contribution in [3.63, 3.8) is 0 Å². The summed E-state index contributed by atoms with van der Waals surface area (Å²) in [6.07, 6.45) is 2.03. The van der Waals surface area contributed by atoms with E-state index in [0.29, 0.717) is 26.2 Å². The summed E-state index contributed by atoms with van der Waals surface area (Å²) in [6.45, 7) is 3.29. The van der Waals surface area contributed by atoms with Gasteiger partial charge in [0.25, 0.3) is 5.91 Å². The first kappa shape index (κ1) is 22.2. The molecule has 2 atom stereocenters. The van der Waals surface area contributed by atoms with Gasteiger partial charge in [-0.05, 0) is 38.6 Å². The number of amides is 1. The van der Waals surface area contributed by atoms with E-state index in [1.807, 2.05) is 7.05 Å². The van der Waals surface area contributed by atoms with Crippen molar-refractivity contribution >= 4 is 17.5 Å². The SMILES string of the molecule is CN1CCC[C@H]1COc1nc(-c2c(O)cccc2F)c(Cl)c2c1C(=O)N1CCNC[C@@H]1CO2. The molecule has 0 radical (unpaired) electrons. The number of likely N-dealkylation sites (tertiary alicyclic amines) is 1. The number of ether oxygens (including phenoxy) is 2. The lowest BCUT2D eigenvalue weighted by Crippen LogP contribution is -2.54. The van der Waals surface area contributed by atoms with Gasteiger partial charge in [0.2, 0.25) is 5.88 Å². The van der Waals surface area contributed by atoms with Crippen LogP contribution >= 0.6 is 11.6 Å². The Morgan fingerprint density at radius 2 is 2.21 bits per heavy atom. The summed E-state index contributed by atoms with van der Waals surface area (Å²) in [6, 6.07) is 3.97. The molecule has 5 rings (SSSR count). The van der Waals surface area contributed by atoms with Gasteiger partial charge in [-0.2, -0.15) is 0 Å². The Morgan fingerprint density at radius 1 is 1.36 bits per heavy atom. The van der Waals surface area contributed by atoms with E-state index in [-0.39, 0.29) is 63.8 Å². The number of nitrogens with one attached hydrogen (secondary N) is 1. The molecule has 3 aliphatic rings. The fraction of sp³-hybridized carbons (Fsp3) is 0.478. The third kappa shape index (κ3) is 3.98. The van der Waals surface area contributed by atoms with Gasteiger partial charge in [0.05, 0.1) is 11.6 Å². The summed E-state index contributed by atoms with van der Waals surface area (Å²) in [5.74, 6) is -1.13. The number of nitrogens with zero attached hydrogens (tertiary/aromatic N) is 3. The zero-order valence-corrected chi connectivity index (χ0v) is 19.1. The highest BCUT2D eigenvalue weighted by Gasteiger charge is 2.38. The van der Waals surface area contributed by atoms with Gasteiger partial charge in [0.15, 0.2) is 5.75 Å². The van der Waals surface area contributed by atoms with Crippen LogP contribution in [0.5, 0.6) is 17.4 Å². The maximum atomic E-state index is 14.7. The summed E-state index contributed by atoms with van der Waals surface area (Å²) in [5.41, 5.74) is -0.0379. The van der Waals surface area contributed by atoms with Gasteiger partial charge in [-0.1, -0.05) is 17.7 Å². The first-order valence-corrected chi connectivity index (χ1v) is 11.5. The minimum absolute atomic E-state index is 0.0217. The highest BCUT2D eigenvalue weighted by atomic mass is 35.5. The van der Waals surface area contributed by atoms with Crippen molar-refractivity contribution < 1.29 is 23.8 Å². The fourth-order valence-electron chi connectivity index (χ4n) is 4.73. The van der Waals surface area contributed by atoms with Crippen molar-refractivity contribution in [2.24, 2.45) is 0 Å². The molecule has 0 aliphatic carbocycles. The minimum atomic E-state index is -0.688. The Bertz CT molecular complexity index is 1060. The molecule has 2 saturated heterocycles. The molecule has 2 fully saturated rings. The molecule has 1 aromatic carbocycles. The van der Waals surface area contributed by atoms with E-state index in [4.69, 9.17) is 21.1 Å². The average Bonchev–Trinajstić information content (AvgIpc) is 3.15. The van der Waals surface area contributed by atoms with Gasteiger partial charge < -0.3 is 29.7 Å². The van der Waals surface area contributed by atoms with Crippen LogP contribution in [0.25, 0.3) is 11.3 Å². The second-order valence-electron chi connectivity index (χ2n) is 8.67. The Balaban J connectivity index is 1.63. The molecular weight excluding hydrogens is 451 g/mol. The number of likely N-dealkylation sites (N-methyl/N-ethyl adjacent to an activating group) is 1. The summed E-state index contributed by atoms with van der Waals surface area (Å²) >= 11 is 6.65. The van der Waals surface area contributed by atoms with Crippen LogP contribution in [0.15, 0.2) is 18.2 Å². The monoisotopic (exact) mass is 476 g/mol. The molecule has 1 aromatic heterocycles. The molecule has 0 unspecified atom stereocenters. The number of hydrogen-bond donors (Lipinski definition) is 2. The van der Waals surface area contributed by atoms with Crippen molar-refractivity contribution in [2.45, 2.75) is 24.9 Å². The van der Waals surface area contributed by atoms with Crippen LogP contribution < -0.4 is 14.8 Å². The van der Waals surface area contributed by atoms with Crippen LogP contribution in [0, 0.1) is 5.82 Å². The normalized spacial score (nSPS) is 23.0. The number of hydrogen-bond acceptors (Lipinski definition) is 7. The van der Waals surface area contributed by atoms with Crippen LogP contribution in [0.4, 0.5) is 4.39 Å². The van der Waals surface area contributed by atoms with Crippen LogP contribution in [0.1, 0.15) is 23.2 Å². The van der Waals surface area contributed by atoms with Crippen LogP contribution in [-0.4, -0.2) is 84.3 Å². The molecule has 0 saturated carbocycles. The van der Waals surface area contributed by atoms with E-state index in [1.54, 1.807) is 4.90 Å². The number of piperazine rings is 1. The van der Waals surface area contributed by atoms with Gasteiger partial charge in [-0.3, -0.25) is 4.79 Å². The second-order valence-corrected chi connectivity index (χ2v) is 9.05. The molecule has 3 aliphatic heterocycles. The van der Waals surface area contributed by atoms with Gasteiger partial charge in [-0.15, -0.1) is 0 Å². The summed E-state index contributed by atoms with van der Waals surface area (Å²) in [4.78, 5) is 22.0. The van der Waals surface area contributed by atoms with E-state index in [0.717, 1.165) is 19.4 Å². The number of phenolic OH excluding ortho intramolecular Hbond substituents is 1. The molecule has 4 heterocycles. The third-order valence-electron chi connectivity index (χ3n) is 6.62. The number of fused-ring (bicyclic) bond motifs is 2. The highest BCUT2D eigenvalue weighted by Crippen LogP contribution is 2.45. The first-order chi connectivity index (χ1) is 16.0. The predicted octanol–water partition coefficient (Wildman–Crippen LogP) is 2.53. The number of carbonyl (C=O) groups is 1. The molecule has 0 bridgehead atoms. The smallest absolute Gasteiger partial charge is 0.263 e. The van der Waals surface area contributed by atoms with E-state index in [9.17, 15) is 14.3 Å². The number of phenols is 1. The number of carbonyl (C=O) groups excluding carboxylic acids is 1. The molecule has 2 aromatic rings. The van der Waals surface area contributed by atoms with E-state index in [1.165, 1.54) is 18.2 Å². The second kappa shape index (κ2) is 8.96. The van der Waals surface area contributed by atoms with Crippen LogP contribution in [-0.2, 0) is 0 Å². The first-order valence-electron chi connectivity index (χ1n) is 11.1. The summed E-state index contributed by atoms with van der Waals surface area (Å²) in [7, 11) is 2.03.